The molecule has 1 aromatic carbocycles. The molecule has 0 fully saturated rings. The number of carbonyl (C=O) groups excluding carboxylic acids is 1. The summed E-state index contributed by atoms with van der Waals surface area (Å²) in [6.07, 6.45) is 1.50. The highest BCUT2D eigenvalue weighted by Gasteiger charge is 2.14. The van der Waals surface area contributed by atoms with Crippen molar-refractivity contribution in [1.82, 2.24) is 19.1 Å². The summed E-state index contributed by atoms with van der Waals surface area (Å²) in [6.45, 7) is 6.96. The number of ketones is 1. The SMILES string of the molecule is CCn1c(=O)n(CC)c2cc(C(=O)CSc3cc(C)ncn3)ccc21. The summed E-state index contributed by atoms with van der Waals surface area (Å²) in [5.41, 5.74) is 3.13. The zero-order chi connectivity index (χ0) is 18.0. The number of carbonyl (C=O) groups is 1. The summed E-state index contributed by atoms with van der Waals surface area (Å²) < 4.78 is 3.43. The molecule has 0 atom stereocenters. The molecular weight excluding hydrogens is 336 g/mol. The van der Waals surface area contributed by atoms with E-state index >= 15 is 0 Å². The third kappa shape index (κ3) is 3.37. The van der Waals surface area contributed by atoms with Crippen molar-refractivity contribution in [2.24, 2.45) is 0 Å². The third-order valence-corrected chi connectivity index (χ3v) is 5.03. The van der Waals surface area contributed by atoms with Crippen LogP contribution in [0.4, 0.5) is 0 Å². The number of fused-ring (bicyclic) bond motifs is 1. The quantitative estimate of drug-likeness (QED) is 0.386. The molecule has 7 heteroatoms. The second-order valence-electron chi connectivity index (χ2n) is 5.68. The molecule has 25 heavy (non-hydrogen) atoms. The molecule has 0 radical (unpaired) electrons. The molecule has 0 spiro atoms. The molecule has 3 rings (SSSR count). The fourth-order valence-corrected chi connectivity index (χ4v) is 3.66. The molecular formula is C18H20N4O2S. The van der Waals surface area contributed by atoms with E-state index in [9.17, 15) is 9.59 Å². The van der Waals surface area contributed by atoms with Crippen LogP contribution < -0.4 is 5.69 Å². The second-order valence-corrected chi connectivity index (χ2v) is 6.68. The van der Waals surface area contributed by atoms with Gasteiger partial charge in [-0.15, -0.1) is 0 Å². The Kier molecular flexibility index (Phi) is 5.03. The Labute approximate surface area is 149 Å². The molecule has 3 aromatic rings. The molecule has 0 aliphatic rings. The second kappa shape index (κ2) is 7.23. The number of aryl methyl sites for hydroxylation is 3. The van der Waals surface area contributed by atoms with Crippen LogP contribution in [0.3, 0.4) is 0 Å². The summed E-state index contributed by atoms with van der Waals surface area (Å²) in [5.74, 6) is 0.315. The molecule has 0 bridgehead atoms. The van der Waals surface area contributed by atoms with E-state index in [1.54, 1.807) is 15.2 Å². The van der Waals surface area contributed by atoms with E-state index in [1.165, 1.54) is 18.1 Å². The molecule has 130 valence electrons. The number of hydrogen-bond acceptors (Lipinski definition) is 5. The van der Waals surface area contributed by atoms with Gasteiger partial charge >= 0.3 is 5.69 Å². The van der Waals surface area contributed by atoms with Crippen molar-refractivity contribution in [2.45, 2.75) is 38.9 Å². The Bertz CT molecular complexity index is 990. The van der Waals surface area contributed by atoms with Crippen LogP contribution in [0.15, 0.2) is 40.4 Å². The van der Waals surface area contributed by atoms with E-state index in [0.717, 1.165) is 21.8 Å². The van der Waals surface area contributed by atoms with E-state index in [4.69, 9.17) is 0 Å². The van der Waals surface area contributed by atoms with Crippen LogP contribution in [-0.2, 0) is 13.1 Å². The fourth-order valence-electron chi connectivity index (χ4n) is 2.84. The Morgan fingerprint density at radius 1 is 1.08 bits per heavy atom. The maximum absolute atomic E-state index is 12.5. The maximum atomic E-state index is 12.5. The van der Waals surface area contributed by atoms with Gasteiger partial charge in [0.2, 0.25) is 0 Å². The van der Waals surface area contributed by atoms with E-state index in [-0.39, 0.29) is 11.5 Å². The normalized spacial score (nSPS) is 11.2. The van der Waals surface area contributed by atoms with Crippen molar-refractivity contribution in [3.8, 4) is 0 Å². The highest BCUT2D eigenvalue weighted by atomic mass is 32.2. The number of imidazole rings is 1. The molecule has 0 unspecified atom stereocenters. The minimum absolute atomic E-state index is 0.0162. The predicted molar refractivity (Wildman–Crippen MR) is 99.4 cm³/mol. The largest absolute Gasteiger partial charge is 0.329 e. The maximum Gasteiger partial charge on any atom is 0.329 e. The van der Waals surface area contributed by atoms with Gasteiger partial charge in [0.05, 0.1) is 16.8 Å². The van der Waals surface area contributed by atoms with E-state index in [1.807, 2.05) is 39.0 Å². The highest BCUT2D eigenvalue weighted by Crippen LogP contribution is 2.20. The van der Waals surface area contributed by atoms with Gasteiger partial charge in [-0.2, -0.15) is 0 Å². The van der Waals surface area contributed by atoms with Crippen molar-refractivity contribution in [3.63, 3.8) is 0 Å². The van der Waals surface area contributed by atoms with Crippen molar-refractivity contribution in [1.29, 1.82) is 0 Å². The number of thioether (sulfide) groups is 1. The lowest BCUT2D eigenvalue weighted by Gasteiger charge is -2.04. The minimum atomic E-state index is -0.0320. The van der Waals surface area contributed by atoms with Crippen LogP contribution in [0.5, 0.6) is 0 Å². The minimum Gasteiger partial charge on any atom is -0.293 e. The molecule has 0 N–H and O–H groups in total. The molecule has 2 heterocycles. The summed E-state index contributed by atoms with van der Waals surface area (Å²) in [6, 6.07) is 7.33. The first kappa shape index (κ1) is 17.4. The Hall–Kier alpha value is -2.41. The van der Waals surface area contributed by atoms with Crippen molar-refractivity contribution in [3.05, 3.63) is 52.3 Å². The van der Waals surface area contributed by atoms with Gasteiger partial charge in [-0.3, -0.25) is 13.9 Å². The zero-order valence-corrected chi connectivity index (χ0v) is 15.3. The Balaban J connectivity index is 1.88. The van der Waals surface area contributed by atoms with Crippen LogP contribution in [-0.4, -0.2) is 30.6 Å². The standard InChI is InChI=1S/C18H20N4O2S/c1-4-21-14-7-6-13(9-15(14)22(5-2)18(21)24)16(23)10-25-17-8-12(3)19-11-20-17/h6-9,11H,4-5,10H2,1-3H3. The summed E-state index contributed by atoms with van der Waals surface area (Å²) in [5, 5.41) is 0.782. The highest BCUT2D eigenvalue weighted by molar-refractivity contribution is 7.99. The Morgan fingerprint density at radius 2 is 1.80 bits per heavy atom. The van der Waals surface area contributed by atoms with Crippen molar-refractivity contribution in [2.75, 3.05) is 5.75 Å². The molecule has 2 aromatic heterocycles. The van der Waals surface area contributed by atoms with Gasteiger partial charge in [0.1, 0.15) is 11.4 Å². The monoisotopic (exact) mass is 356 g/mol. The lowest BCUT2D eigenvalue weighted by Crippen LogP contribution is -2.23. The third-order valence-electron chi connectivity index (χ3n) is 4.10. The van der Waals surface area contributed by atoms with E-state index in [0.29, 0.717) is 24.4 Å². The first-order chi connectivity index (χ1) is 12.0. The van der Waals surface area contributed by atoms with Crippen molar-refractivity contribution < 1.29 is 4.79 Å². The number of benzene rings is 1. The smallest absolute Gasteiger partial charge is 0.293 e. The average molecular weight is 356 g/mol. The molecule has 0 aliphatic heterocycles. The number of nitrogens with zero attached hydrogens (tertiary/aromatic N) is 4. The van der Waals surface area contributed by atoms with Crippen LogP contribution in [0, 0.1) is 6.92 Å². The summed E-state index contributed by atoms with van der Waals surface area (Å²) in [7, 11) is 0. The van der Waals surface area contributed by atoms with Gasteiger partial charge in [0, 0.05) is 24.3 Å². The van der Waals surface area contributed by atoms with E-state index < -0.39 is 0 Å². The topological polar surface area (TPSA) is 69.8 Å². The number of Topliss-reactive ketones (excluding diaryl/α,β-unsaturated/α-hetero) is 1. The van der Waals surface area contributed by atoms with Gasteiger partial charge in [-0.1, -0.05) is 11.8 Å². The predicted octanol–water partition coefficient (Wildman–Crippen LogP) is 2.92. The van der Waals surface area contributed by atoms with Crippen molar-refractivity contribution >= 4 is 28.6 Å². The molecule has 0 aliphatic carbocycles. The molecule has 0 saturated heterocycles. The first-order valence-electron chi connectivity index (χ1n) is 8.22. The van der Waals surface area contributed by atoms with Crippen LogP contribution in [0.1, 0.15) is 29.9 Å². The average Bonchev–Trinajstić information content (AvgIpc) is 2.89. The lowest BCUT2D eigenvalue weighted by molar-refractivity contribution is 0.102. The first-order valence-corrected chi connectivity index (χ1v) is 9.21. The zero-order valence-electron chi connectivity index (χ0n) is 14.5. The molecule has 0 amide bonds. The van der Waals surface area contributed by atoms with Crippen LogP contribution >= 0.6 is 11.8 Å². The molecule has 0 saturated carbocycles. The van der Waals surface area contributed by atoms with Gasteiger partial charge in [-0.25, -0.2) is 14.8 Å². The summed E-state index contributed by atoms with van der Waals surface area (Å²) >= 11 is 1.39. The molecule has 6 nitrogen and oxygen atoms in total. The number of hydrogen-bond donors (Lipinski definition) is 0. The van der Waals surface area contributed by atoms with Gasteiger partial charge < -0.3 is 0 Å². The fraction of sp³-hybridized carbons (Fsp3) is 0.333. The van der Waals surface area contributed by atoms with Crippen LogP contribution in [0.25, 0.3) is 11.0 Å². The lowest BCUT2D eigenvalue weighted by atomic mass is 10.1. The Morgan fingerprint density at radius 3 is 2.48 bits per heavy atom. The summed E-state index contributed by atoms with van der Waals surface area (Å²) in [4.78, 5) is 33.2. The van der Waals surface area contributed by atoms with Gasteiger partial charge in [0.15, 0.2) is 5.78 Å². The van der Waals surface area contributed by atoms with E-state index in [2.05, 4.69) is 9.97 Å². The van der Waals surface area contributed by atoms with Crippen LogP contribution in [0.2, 0.25) is 0 Å². The van der Waals surface area contributed by atoms with Gasteiger partial charge in [-0.05, 0) is 45.0 Å². The number of aromatic nitrogens is 4. The van der Waals surface area contributed by atoms with Gasteiger partial charge in [0.25, 0.3) is 0 Å². The number of rotatable bonds is 6.